The van der Waals surface area contributed by atoms with Gasteiger partial charge in [0, 0.05) is 4.91 Å². The molecule has 0 saturated carbocycles. The molecule has 0 radical (unpaired) electrons. The Kier molecular flexibility index (Phi) is 7.04. The first-order valence-electron chi connectivity index (χ1n) is 9.96. The SMILES string of the molecule is [N-]=[N+]=N[C@H]1[C@@H]2OC[C@@H](O2)[C@@H](O[C@@H]2O[C@H](CO)[C@@H](O)[C@H](O)[C@H]2O)[C@@H]1OCc1ccccc1. The number of hydrogen-bond donors (Lipinski definition) is 4. The van der Waals surface area contributed by atoms with E-state index in [-0.39, 0.29) is 13.2 Å². The summed E-state index contributed by atoms with van der Waals surface area (Å²) in [4.78, 5) is 2.87. The number of rotatable bonds is 7. The summed E-state index contributed by atoms with van der Waals surface area (Å²) in [6.07, 6.45) is -10.3. The van der Waals surface area contributed by atoms with Gasteiger partial charge in [-0.25, -0.2) is 0 Å². The standard InChI is InChI=1S/C19H25N3O9/c20-22-21-12-17(27-7-9-4-2-1-3-5-9)16(11-8-28-18(12)30-11)31-19-15(26)14(25)13(24)10(6-23)29-19/h1-5,10-19,23-26H,6-8H2/t10-,11-,12-,13-,14+,15-,16-,17-,18-,19+/m1/s1. The number of ether oxygens (including phenoxy) is 5. The quantitative estimate of drug-likeness (QED) is 0.240. The molecule has 170 valence electrons. The number of fused-ring (bicyclic) bond motifs is 2. The average molecular weight is 439 g/mol. The molecule has 4 N–H and O–H groups in total. The second-order valence-corrected chi connectivity index (χ2v) is 7.63. The number of azide groups is 1. The Balaban J connectivity index is 1.55. The van der Waals surface area contributed by atoms with E-state index in [1.54, 1.807) is 0 Å². The lowest BCUT2D eigenvalue weighted by Gasteiger charge is -2.44. The van der Waals surface area contributed by atoms with Gasteiger partial charge < -0.3 is 44.1 Å². The Labute approximate surface area is 177 Å². The highest BCUT2D eigenvalue weighted by molar-refractivity contribution is 5.13. The summed E-state index contributed by atoms with van der Waals surface area (Å²) >= 11 is 0. The molecule has 10 atom stereocenters. The van der Waals surface area contributed by atoms with Crippen molar-refractivity contribution in [2.45, 2.75) is 68.0 Å². The van der Waals surface area contributed by atoms with Gasteiger partial charge in [-0.1, -0.05) is 35.4 Å². The summed E-state index contributed by atoms with van der Waals surface area (Å²) < 4.78 is 28.8. The minimum atomic E-state index is -1.59. The van der Waals surface area contributed by atoms with Crippen LogP contribution in [0.25, 0.3) is 10.4 Å². The normalized spacial score (nSPS) is 42.2. The Morgan fingerprint density at radius 2 is 1.84 bits per heavy atom. The molecule has 0 amide bonds. The monoisotopic (exact) mass is 439 g/mol. The molecule has 3 heterocycles. The highest BCUT2D eigenvalue weighted by atomic mass is 16.8. The van der Waals surface area contributed by atoms with Crippen LogP contribution < -0.4 is 0 Å². The fourth-order valence-electron chi connectivity index (χ4n) is 3.99. The van der Waals surface area contributed by atoms with Gasteiger partial charge in [0.05, 0.1) is 19.8 Å². The maximum absolute atomic E-state index is 10.3. The first-order valence-corrected chi connectivity index (χ1v) is 9.96. The predicted molar refractivity (Wildman–Crippen MR) is 101 cm³/mol. The molecular weight excluding hydrogens is 414 g/mol. The van der Waals surface area contributed by atoms with Crippen LogP contribution in [0, 0.1) is 0 Å². The van der Waals surface area contributed by atoms with Crippen LogP contribution in [0.2, 0.25) is 0 Å². The molecule has 3 fully saturated rings. The van der Waals surface area contributed by atoms with Crippen LogP contribution in [0.15, 0.2) is 35.4 Å². The molecule has 3 aliphatic rings. The summed E-state index contributed by atoms with van der Waals surface area (Å²) in [6, 6.07) is 8.48. The highest BCUT2D eigenvalue weighted by Crippen LogP contribution is 2.36. The molecule has 3 saturated heterocycles. The van der Waals surface area contributed by atoms with Crippen molar-refractivity contribution in [2.24, 2.45) is 5.11 Å². The molecule has 0 aromatic heterocycles. The zero-order chi connectivity index (χ0) is 22.0. The molecule has 31 heavy (non-hydrogen) atoms. The summed E-state index contributed by atoms with van der Waals surface area (Å²) in [7, 11) is 0. The lowest BCUT2D eigenvalue weighted by Crippen LogP contribution is -2.62. The molecule has 0 spiro atoms. The fourth-order valence-corrected chi connectivity index (χ4v) is 3.99. The van der Waals surface area contributed by atoms with Crippen LogP contribution >= 0.6 is 0 Å². The Bertz CT molecular complexity index is 778. The smallest absolute Gasteiger partial charge is 0.187 e. The van der Waals surface area contributed by atoms with Crippen molar-refractivity contribution in [3.8, 4) is 0 Å². The van der Waals surface area contributed by atoms with E-state index >= 15 is 0 Å². The van der Waals surface area contributed by atoms with Gasteiger partial charge in [-0.15, -0.1) is 0 Å². The van der Waals surface area contributed by atoms with Crippen molar-refractivity contribution in [1.29, 1.82) is 0 Å². The first-order chi connectivity index (χ1) is 15.0. The molecule has 12 nitrogen and oxygen atoms in total. The molecule has 3 aliphatic heterocycles. The summed E-state index contributed by atoms with van der Waals surface area (Å²) in [5.74, 6) is 0. The van der Waals surface area contributed by atoms with E-state index in [2.05, 4.69) is 10.0 Å². The maximum Gasteiger partial charge on any atom is 0.187 e. The van der Waals surface area contributed by atoms with Gasteiger partial charge in [0.15, 0.2) is 12.6 Å². The molecule has 1 aromatic rings. The van der Waals surface area contributed by atoms with E-state index in [1.165, 1.54) is 0 Å². The lowest BCUT2D eigenvalue weighted by atomic mass is 9.97. The highest BCUT2D eigenvalue weighted by Gasteiger charge is 2.54. The number of benzene rings is 1. The van der Waals surface area contributed by atoms with E-state index in [1.807, 2.05) is 30.3 Å². The van der Waals surface area contributed by atoms with Crippen molar-refractivity contribution >= 4 is 0 Å². The van der Waals surface area contributed by atoms with Gasteiger partial charge >= 0.3 is 0 Å². The van der Waals surface area contributed by atoms with Crippen LogP contribution in [0.5, 0.6) is 0 Å². The second kappa shape index (κ2) is 9.76. The Morgan fingerprint density at radius 1 is 1.06 bits per heavy atom. The van der Waals surface area contributed by atoms with Crippen LogP contribution in [0.1, 0.15) is 5.56 Å². The number of aliphatic hydroxyl groups is 4. The van der Waals surface area contributed by atoms with Crippen molar-refractivity contribution < 1.29 is 44.1 Å². The third kappa shape index (κ3) is 4.54. The molecule has 0 aliphatic carbocycles. The van der Waals surface area contributed by atoms with E-state index < -0.39 is 68.0 Å². The van der Waals surface area contributed by atoms with Crippen molar-refractivity contribution in [3.63, 3.8) is 0 Å². The van der Waals surface area contributed by atoms with Crippen molar-refractivity contribution in [3.05, 3.63) is 46.3 Å². The Morgan fingerprint density at radius 3 is 2.55 bits per heavy atom. The van der Waals surface area contributed by atoms with Gasteiger partial charge in [-0.3, -0.25) is 0 Å². The third-order valence-electron chi connectivity index (χ3n) is 5.65. The van der Waals surface area contributed by atoms with Crippen LogP contribution in [-0.4, -0.2) is 95.0 Å². The van der Waals surface area contributed by atoms with Crippen LogP contribution in [0.4, 0.5) is 0 Å². The van der Waals surface area contributed by atoms with Gasteiger partial charge in [0.2, 0.25) is 0 Å². The average Bonchev–Trinajstić information content (AvgIpc) is 3.23. The van der Waals surface area contributed by atoms with Crippen molar-refractivity contribution in [1.82, 2.24) is 0 Å². The predicted octanol–water partition coefficient (Wildman–Crippen LogP) is -0.809. The molecule has 4 rings (SSSR count). The van der Waals surface area contributed by atoms with Gasteiger partial charge in [-0.2, -0.15) is 0 Å². The van der Waals surface area contributed by atoms with Gasteiger partial charge in [0.1, 0.15) is 48.8 Å². The Hall–Kier alpha value is -1.83. The molecular formula is C19H25N3O9. The second-order valence-electron chi connectivity index (χ2n) is 7.63. The number of hydrogen-bond acceptors (Lipinski definition) is 10. The number of nitrogens with zero attached hydrogens (tertiary/aromatic N) is 3. The lowest BCUT2D eigenvalue weighted by molar-refractivity contribution is -0.333. The van der Waals surface area contributed by atoms with Crippen molar-refractivity contribution in [2.75, 3.05) is 13.2 Å². The minimum Gasteiger partial charge on any atom is -0.394 e. The zero-order valence-electron chi connectivity index (χ0n) is 16.5. The van der Waals surface area contributed by atoms with E-state index in [9.17, 15) is 20.4 Å². The summed E-state index contributed by atoms with van der Waals surface area (Å²) in [6.45, 7) is -0.262. The van der Waals surface area contributed by atoms with E-state index in [4.69, 9.17) is 29.2 Å². The zero-order valence-corrected chi connectivity index (χ0v) is 16.5. The molecule has 0 unspecified atom stereocenters. The molecule has 2 bridgehead atoms. The van der Waals surface area contributed by atoms with E-state index in [0.717, 1.165) is 5.56 Å². The topological polar surface area (TPSA) is 176 Å². The maximum atomic E-state index is 10.3. The molecule has 1 aromatic carbocycles. The summed E-state index contributed by atoms with van der Waals surface area (Å²) in [5, 5.41) is 43.6. The van der Waals surface area contributed by atoms with Crippen LogP contribution in [0.3, 0.4) is 0 Å². The summed E-state index contributed by atoms with van der Waals surface area (Å²) in [5.41, 5.74) is 9.91. The largest absolute Gasteiger partial charge is 0.394 e. The third-order valence-corrected chi connectivity index (χ3v) is 5.65. The molecule has 12 heteroatoms. The first kappa shape index (κ1) is 22.4. The number of aliphatic hydroxyl groups excluding tert-OH is 4. The van der Waals surface area contributed by atoms with Crippen LogP contribution in [-0.2, 0) is 30.3 Å². The minimum absolute atomic E-state index is 0.134. The van der Waals surface area contributed by atoms with E-state index in [0.29, 0.717) is 0 Å². The van der Waals surface area contributed by atoms with Gasteiger partial charge in [0.25, 0.3) is 0 Å². The van der Waals surface area contributed by atoms with Gasteiger partial charge in [-0.05, 0) is 11.1 Å². The fraction of sp³-hybridized carbons (Fsp3) is 0.684.